The van der Waals surface area contributed by atoms with Crippen LogP contribution in [0.3, 0.4) is 0 Å². The van der Waals surface area contributed by atoms with E-state index in [-0.39, 0.29) is 24.5 Å². The van der Waals surface area contributed by atoms with E-state index in [4.69, 9.17) is 9.84 Å². The topological polar surface area (TPSA) is 78.9 Å². The second-order valence-corrected chi connectivity index (χ2v) is 7.28. The molecule has 0 spiro atoms. The number of nitrogens with zero attached hydrogens (tertiary/aromatic N) is 1. The molecule has 6 heteroatoms. The van der Waals surface area contributed by atoms with E-state index in [1.807, 2.05) is 42.2 Å². The number of ether oxygens (including phenoxy) is 1. The Hall–Kier alpha value is -2.60. The minimum atomic E-state index is -0.805. The number of nitrogens with one attached hydrogen (secondary N) is 1. The van der Waals surface area contributed by atoms with Crippen LogP contribution in [0.25, 0.3) is 10.8 Å². The third-order valence-electron chi connectivity index (χ3n) is 5.29. The van der Waals surface area contributed by atoms with Gasteiger partial charge < -0.3 is 15.2 Å². The molecule has 2 N–H and O–H groups in total. The molecule has 0 radical (unpaired) electrons. The van der Waals surface area contributed by atoms with Crippen LogP contribution in [0, 0.1) is 0 Å². The summed E-state index contributed by atoms with van der Waals surface area (Å²) in [6.45, 7) is 3.23. The van der Waals surface area contributed by atoms with E-state index in [0.717, 1.165) is 29.4 Å². The minimum Gasteiger partial charge on any atom is -0.493 e. The number of carbonyl (C=O) groups excluding carboxylic acids is 1. The van der Waals surface area contributed by atoms with Gasteiger partial charge in [-0.05, 0) is 37.3 Å². The molecule has 28 heavy (non-hydrogen) atoms. The van der Waals surface area contributed by atoms with Crippen LogP contribution in [0.4, 0.5) is 0 Å². The average Bonchev–Trinajstić information content (AvgIpc) is 2.66. The monoisotopic (exact) mass is 384 g/mol. The van der Waals surface area contributed by atoms with E-state index in [1.165, 1.54) is 0 Å². The van der Waals surface area contributed by atoms with Crippen LogP contribution in [0.1, 0.15) is 32.6 Å². The van der Waals surface area contributed by atoms with Gasteiger partial charge in [-0.3, -0.25) is 14.5 Å². The summed E-state index contributed by atoms with van der Waals surface area (Å²) in [5.41, 5.74) is 0. The van der Waals surface area contributed by atoms with Gasteiger partial charge in [0.1, 0.15) is 5.75 Å². The first kappa shape index (κ1) is 20.1. The molecule has 0 heterocycles. The van der Waals surface area contributed by atoms with Crippen molar-refractivity contribution in [2.45, 2.75) is 44.7 Å². The van der Waals surface area contributed by atoms with Crippen molar-refractivity contribution < 1.29 is 19.4 Å². The number of likely N-dealkylation sites (N-methyl/N-ethyl adjacent to an activating group) is 1. The Kier molecular flexibility index (Phi) is 6.87. The lowest BCUT2D eigenvalue weighted by Crippen LogP contribution is -2.54. The maximum atomic E-state index is 12.1. The lowest BCUT2D eigenvalue weighted by atomic mass is 9.85. The first-order valence-electron chi connectivity index (χ1n) is 9.92. The Morgan fingerprint density at radius 2 is 1.93 bits per heavy atom. The van der Waals surface area contributed by atoms with Crippen LogP contribution in [-0.4, -0.2) is 53.7 Å². The quantitative estimate of drug-likeness (QED) is 0.616. The van der Waals surface area contributed by atoms with Crippen LogP contribution in [0.5, 0.6) is 5.75 Å². The van der Waals surface area contributed by atoms with Gasteiger partial charge in [0.2, 0.25) is 5.91 Å². The van der Waals surface area contributed by atoms with E-state index in [1.54, 1.807) is 0 Å². The Balaban J connectivity index is 1.35. The predicted octanol–water partition coefficient (Wildman–Crippen LogP) is 3.05. The lowest BCUT2D eigenvalue weighted by Gasteiger charge is -2.42. The molecule has 0 bridgehead atoms. The van der Waals surface area contributed by atoms with E-state index >= 15 is 0 Å². The smallest absolute Gasteiger partial charge is 0.317 e. The fourth-order valence-electron chi connectivity index (χ4n) is 3.71. The van der Waals surface area contributed by atoms with Crippen molar-refractivity contribution in [1.29, 1.82) is 0 Å². The molecule has 2 aromatic carbocycles. The molecule has 1 fully saturated rings. The maximum Gasteiger partial charge on any atom is 0.317 e. The Morgan fingerprint density at radius 1 is 1.18 bits per heavy atom. The van der Waals surface area contributed by atoms with Crippen LogP contribution in [-0.2, 0) is 9.59 Å². The average molecular weight is 384 g/mol. The molecule has 1 saturated carbocycles. The highest BCUT2D eigenvalue weighted by Crippen LogP contribution is 2.26. The number of benzene rings is 2. The van der Waals surface area contributed by atoms with Gasteiger partial charge >= 0.3 is 5.97 Å². The summed E-state index contributed by atoms with van der Waals surface area (Å²) in [4.78, 5) is 24.9. The van der Waals surface area contributed by atoms with Crippen molar-refractivity contribution in [2.75, 3.05) is 19.7 Å². The van der Waals surface area contributed by atoms with Crippen molar-refractivity contribution in [3.63, 3.8) is 0 Å². The second kappa shape index (κ2) is 9.55. The molecular weight excluding hydrogens is 356 g/mol. The molecular formula is C22H28N2O4. The number of fused-ring (bicyclic) bond motifs is 1. The summed E-state index contributed by atoms with van der Waals surface area (Å²) in [7, 11) is 0. The van der Waals surface area contributed by atoms with Crippen molar-refractivity contribution in [1.82, 2.24) is 10.2 Å². The number of carbonyl (C=O) groups is 2. The molecule has 3 rings (SSSR count). The SMILES string of the molecule is CCN(CC(=O)O)C1CC(NC(=O)CCCOc2cccc3ccccc23)C1. The number of carboxylic acids is 1. The van der Waals surface area contributed by atoms with Crippen molar-refractivity contribution >= 4 is 22.6 Å². The van der Waals surface area contributed by atoms with Crippen LogP contribution >= 0.6 is 0 Å². The van der Waals surface area contributed by atoms with Gasteiger partial charge in [0.25, 0.3) is 0 Å². The van der Waals surface area contributed by atoms with Gasteiger partial charge in [0, 0.05) is 23.9 Å². The highest BCUT2D eigenvalue weighted by Gasteiger charge is 2.34. The summed E-state index contributed by atoms with van der Waals surface area (Å²) in [5.74, 6) is 0.0743. The number of hydrogen-bond acceptors (Lipinski definition) is 4. The number of rotatable bonds is 10. The largest absolute Gasteiger partial charge is 0.493 e. The molecule has 0 atom stereocenters. The first-order valence-corrected chi connectivity index (χ1v) is 9.92. The number of aliphatic carboxylic acids is 1. The van der Waals surface area contributed by atoms with E-state index in [9.17, 15) is 9.59 Å². The van der Waals surface area contributed by atoms with Gasteiger partial charge in [-0.15, -0.1) is 0 Å². The standard InChI is InChI=1S/C22H28N2O4/c1-2-24(15-22(26)27)18-13-17(14-18)23-21(25)11-6-12-28-20-10-5-8-16-7-3-4-9-19(16)20/h3-5,7-10,17-18H,2,6,11-15H2,1H3,(H,23,25)(H,26,27). The molecule has 1 aliphatic carbocycles. The number of carboxylic acid groups (broad SMARTS) is 1. The zero-order valence-corrected chi connectivity index (χ0v) is 16.3. The van der Waals surface area contributed by atoms with Crippen molar-refractivity contribution in [3.05, 3.63) is 42.5 Å². The number of hydrogen-bond donors (Lipinski definition) is 2. The number of amides is 1. The minimum absolute atomic E-state index is 0.0336. The molecule has 2 aromatic rings. The molecule has 6 nitrogen and oxygen atoms in total. The van der Waals surface area contributed by atoms with Gasteiger partial charge in [-0.1, -0.05) is 43.3 Å². The molecule has 0 aromatic heterocycles. The third-order valence-corrected chi connectivity index (χ3v) is 5.29. The predicted molar refractivity (Wildman–Crippen MR) is 109 cm³/mol. The molecule has 150 valence electrons. The normalized spacial score (nSPS) is 18.6. The molecule has 1 aliphatic rings. The second-order valence-electron chi connectivity index (χ2n) is 7.28. The first-order chi connectivity index (χ1) is 13.6. The van der Waals surface area contributed by atoms with Crippen molar-refractivity contribution in [2.24, 2.45) is 0 Å². The van der Waals surface area contributed by atoms with E-state index in [2.05, 4.69) is 17.4 Å². The van der Waals surface area contributed by atoms with Gasteiger partial charge in [-0.2, -0.15) is 0 Å². The molecule has 0 aliphatic heterocycles. The summed E-state index contributed by atoms with van der Waals surface area (Å²) in [6, 6.07) is 14.5. The van der Waals surface area contributed by atoms with E-state index in [0.29, 0.717) is 26.0 Å². The Morgan fingerprint density at radius 3 is 2.68 bits per heavy atom. The van der Waals surface area contributed by atoms with Crippen LogP contribution in [0.15, 0.2) is 42.5 Å². The fraction of sp³-hybridized carbons (Fsp3) is 0.455. The van der Waals surface area contributed by atoms with Gasteiger partial charge in [0.15, 0.2) is 0 Å². The van der Waals surface area contributed by atoms with Crippen molar-refractivity contribution in [3.8, 4) is 5.75 Å². The summed E-state index contributed by atoms with van der Waals surface area (Å²) >= 11 is 0. The Bertz CT molecular complexity index is 812. The lowest BCUT2D eigenvalue weighted by molar-refractivity contribution is -0.139. The molecule has 1 amide bonds. The Labute approximate surface area is 165 Å². The van der Waals surface area contributed by atoms with Crippen LogP contribution in [0.2, 0.25) is 0 Å². The van der Waals surface area contributed by atoms with Gasteiger partial charge in [0.05, 0.1) is 13.2 Å². The molecule has 0 unspecified atom stereocenters. The zero-order valence-electron chi connectivity index (χ0n) is 16.3. The van der Waals surface area contributed by atoms with E-state index < -0.39 is 5.97 Å². The summed E-state index contributed by atoms with van der Waals surface area (Å²) < 4.78 is 5.87. The highest BCUT2D eigenvalue weighted by molar-refractivity contribution is 5.88. The third kappa shape index (κ3) is 5.23. The molecule has 0 saturated heterocycles. The fourth-order valence-corrected chi connectivity index (χ4v) is 3.71. The zero-order chi connectivity index (χ0) is 19.9. The summed E-state index contributed by atoms with van der Waals surface area (Å²) in [5, 5.41) is 14.2. The van der Waals surface area contributed by atoms with Gasteiger partial charge in [-0.25, -0.2) is 0 Å². The highest BCUT2D eigenvalue weighted by atomic mass is 16.5. The van der Waals surface area contributed by atoms with Crippen LogP contribution < -0.4 is 10.1 Å². The maximum absolute atomic E-state index is 12.1. The summed E-state index contributed by atoms with van der Waals surface area (Å²) in [6.07, 6.45) is 2.72.